The van der Waals surface area contributed by atoms with Gasteiger partial charge in [-0.3, -0.25) is 19.4 Å². The van der Waals surface area contributed by atoms with E-state index in [1.807, 2.05) is 24.3 Å². The van der Waals surface area contributed by atoms with Crippen molar-refractivity contribution in [2.24, 2.45) is 0 Å². The van der Waals surface area contributed by atoms with Crippen molar-refractivity contribution in [3.05, 3.63) is 34.9 Å². The molecule has 28 heavy (non-hydrogen) atoms. The highest BCUT2D eigenvalue weighted by Gasteiger charge is 2.44. The monoisotopic (exact) mass is 402 g/mol. The maximum atomic E-state index is 12.8. The van der Waals surface area contributed by atoms with Crippen molar-refractivity contribution >= 4 is 23.4 Å². The molecule has 0 aliphatic carbocycles. The number of nitrogens with zero attached hydrogens (tertiary/aromatic N) is 2. The molecule has 6 nitrogen and oxygen atoms in total. The van der Waals surface area contributed by atoms with Crippen LogP contribution in [0.3, 0.4) is 0 Å². The SMILES string of the molecule is C#CCNC(=O)CC[C@H]1CNC(=O)[C@@H]2[C@H](CCN2Cc2cccc(Cl)c2)N1C. The van der Waals surface area contributed by atoms with Gasteiger partial charge in [-0.25, -0.2) is 0 Å². The van der Waals surface area contributed by atoms with Gasteiger partial charge in [0, 0.05) is 43.2 Å². The third-order valence-electron chi connectivity index (χ3n) is 5.72. The van der Waals surface area contributed by atoms with E-state index in [9.17, 15) is 9.59 Å². The zero-order valence-electron chi connectivity index (χ0n) is 16.2. The van der Waals surface area contributed by atoms with Gasteiger partial charge in [0.05, 0.1) is 6.54 Å². The molecule has 0 saturated carbocycles. The molecule has 2 amide bonds. The Morgan fingerprint density at radius 1 is 1.46 bits per heavy atom. The summed E-state index contributed by atoms with van der Waals surface area (Å²) < 4.78 is 0. The smallest absolute Gasteiger partial charge is 0.239 e. The van der Waals surface area contributed by atoms with Gasteiger partial charge in [-0.15, -0.1) is 6.42 Å². The summed E-state index contributed by atoms with van der Waals surface area (Å²) in [7, 11) is 2.06. The van der Waals surface area contributed by atoms with Crippen LogP contribution >= 0.6 is 11.6 Å². The lowest BCUT2D eigenvalue weighted by Gasteiger charge is -2.33. The summed E-state index contributed by atoms with van der Waals surface area (Å²) in [5.41, 5.74) is 1.11. The van der Waals surface area contributed by atoms with Crippen LogP contribution in [0.15, 0.2) is 24.3 Å². The van der Waals surface area contributed by atoms with Crippen LogP contribution in [0.4, 0.5) is 0 Å². The van der Waals surface area contributed by atoms with Gasteiger partial charge >= 0.3 is 0 Å². The van der Waals surface area contributed by atoms with Gasteiger partial charge < -0.3 is 10.6 Å². The van der Waals surface area contributed by atoms with E-state index in [2.05, 4.69) is 33.4 Å². The van der Waals surface area contributed by atoms with Crippen LogP contribution in [0.2, 0.25) is 5.02 Å². The second-order valence-corrected chi connectivity index (χ2v) is 7.92. The fourth-order valence-electron chi connectivity index (χ4n) is 4.23. The lowest BCUT2D eigenvalue weighted by Crippen LogP contribution is -2.49. The molecule has 7 heteroatoms. The molecule has 0 bridgehead atoms. The molecule has 1 aromatic rings. The zero-order chi connectivity index (χ0) is 20.1. The Hall–Kier alpha value is -2.07. The number of carbonyl (C=O) groups excluding carboxylic acids is 2. The van der Waals surface area contributed by atoms with Crippen molar-refractivity contribution in [1.82, 2.24) is 20.4 Å². The summed E-state index contributed by atoms with van der Waals surface area (Å²) in [6, 6.07) is 7.85. The lowest BCUT2D eigenvalue weighted by molar-refractivity contribution is -0.126. The van der Waals surface area contributed by atoms with E-state index < -0.39 is 0 Å². The molecule has 2 aliphatic heterocycles. The van der Waals surface area contributed by atoms with Crippen molar-refractivity contribution < 1.29 is 9.59 Å². The lowest BCUT2D eigenvalue weighted by atomic mass is 10.0. The molecule has 150 valence electrons. The molecule has 0 spiro atoms. The van der Waals surface area contributed by atoms with E-state index in [1.165, 1.54) is 0 Å². The summed E-state index contributed by atoms with van der Waals surface area (Å²) in [5, 5.41) is 6.48. The minimum atomic E-state index is -0.191. The van der Waals surface area contributed by atoms with E-state index in [1.54, 1.807) is 0 Å². The number of amides is 2. The second kappa shape index (κ2) is 9.42. The third-order valence-corrected chi connectivity index (χ3v) is 5.95. The van der Waals surface area contributed by atoms with Crippen LogP contribution in [0.1, 0.15) is 24.8 Å². The van der Waals surface area contributed by atoms with Gasteiger partial charge in [-0.05, 0) is 37.6 Å². The first-order chi connectivity index (χ1) is 13.5. The Morgan fingerprint density at radius 2 is 2.29 bits per heavy atom. The highest BCUT2D eigenvalue weighted by molar-refractivity contribution is 6.30. The molecule has 1 aromatic carbocycles. The maximum absolute atomic E-state index is 12.8. The number of likely N-dealkylation sites (N-methyl/N-ethyl adjacent to an activating group) is 1. The van der Waals surface area contributed by atoms with Crippen LogP contribution in [0.5, 0.6) is 0 Å². The van der Waals surface area contributed by atoms with Gasteiger partial charge in [0.15, 0.2) is 0 Å². The van der Waals surface area contributed by atoms with Crippen molar-refractivity contribution in [2.75, 3.05) is 26.7 Å². The van der Waals surface area contributed by atoms with Gasteiger partial charge in [-0.2, -0.15) is 0 Å². The molecule has 3 rings (SSSR count). The maximum Gasteiger partial charge on any atom is 0.239 e. The van der Waals surface area contributed by atoms with Gasteiger partial charge in [0.2, 0.25) is 11.8 Å². The summed E-state index contributed by atoms with van der Waals surface area (Å²) >= 11 is 6.11. The Morgan fingerprint density at radius 3 is 3.04 bits per heavy atom. The topological polar surface area (TPSA) is 64.7 Å². The predicted molar refractivity (Wildman–Crippen MR) is 110 cm³/mol. The molecule has 2 aliphatic rings. The zero-order valence-corrected chi connectivity index (χ0v) is 16.9. The first kappa shape index (κ1) is 20.7. The summed E-state index contributed by atoms with van der Waals surface area (Å²) in [5.74, 6) is 2.42. The Labute approximate surface area is 171 Å². The first-order valence-electron chi connectivity index (χ1n) is 9.68. The molecule has 0 aromatic heterocycles. The van der Waals surface area contributed by atoms with Gasteiger partial charge in [0.25, 0.3) is 0 Å². The molecular formula is C21H27ClN4O2. The fourth-order valence-corrected chi connectivity index (χ4v) is 4.44. The Kier molecular flexibility index (Phi) is 6.95. The summed E-state index contributed by atoms with van der Waals surface area (Å²) in [6.45, 7) is 2.35. The highest BCUT2D eigenvalue weighted by Crippen LogP contribution is 2.28. The Bertz CT molecular complexity index is 763. The standard InChI is InChI=1S/C21H27ClN4O2/c1-3-10-23-19(27)8-7-17-13-24-21(28)20-18(25(17)2)9-11-26(20)14-15-5-4-6-16(22)12-15/h1,4-6,12,17-18,20H,7-11,13-14H2,2H3,(H,23,27)(H,24,28)/t17-,18-,20-/m0/s1. The average molecular weight is 403 g/mol. The second-order valence-electron chi connectivity index (χ2n) is 7.49. The molecule has 2 saturated heterocycles. The van der Waals surface area contributed by atoms with Crippen LogP contribution < -0.4 is 10.6 Å². The van der Waals surface area contributed by atoms with E-state index in [-0.39, 0.29) is 36.5 Å². The molecule has 3 atom stereocenters. The minimum absolute atomic E-state index is 0.0486. The van der Waals surface area contributed by atoms with Crippen LogP contribution in [0, 0.1) is 12.3 Å². The summed E-state index contributed by atoms with van der Waals surface area (Å²) in [4.78, 5) is 29.2. The number of carbonyl (C=O) groups is 2. The number of benzene rings is 1. The van der Waals surface area contributed by atoms with Crippen LogP contribution in [-0.2, 0) is 16.1 Å². The van der Waals surface area contributed by atoms with Crippen molar-refractivity contribution in [2.45, 2.75) is 43.9 Å². The van der Waals surface area contributed by atoms with E-state index in [4.69, 9.17) is 18.0 Å². The van der Waals surface area contributed by atoms with E-state index in [0.29, 0.717) is 31.0 Å². The van der Waals surface area contributed by atoms with Crippen molar-refractivity contribution in [3.63, 3.8) is 0 Å². The predicted octanol–water partition coefficient (Wildman–Crippen LogP) is 1.24. The number of hydrogen-bond acceptors (Lipinski definition) is 4. The summed E-state index contributed by atoms with van der Waals surface area (Å²) in [6.07, 6.45) is 7.19. The normalized spacial score (nSPS) is 25.5. The fraction of sp³-hybridized carbons (Fsp3) is 0.524. The number of nitrogens with one attached hydrogen (secondary N) is 2. The van der Waals surface area contributed by atoms with Gasteiger partial charge in [-0.1, -0.05) is 29.7 Å². The third kappa shape index (κ3) is 4.85. The Balaban J connectivity index is 1.64. The van der Waals surface area contributed by atoms with Crippen molar-refractivity contribution in [1.29, 1.82) is 0 Å². The molecule has 0 radical (unpaired) electrons. The molecule has 0 unspecified atom stereocenters. The molecular weight excluding hydrogens is 376 g/mol. The first-order valence-corrected chi connectivity index (χ1v) is 10.1. The molecule has 2 fully saturated rings. The number of halogens is 1. The number of terminal acetylenes is 1. The van der Waals surface area contributed by atoms with E-state index >= 15 is 0 Å². The van der Waals surface area contributed by atoms with Gasteiger partial charge in [0.1, 0.15) is 6.04 Å². The average Bonchev–Trinajstić information content (AvgIpc) is 3.04. The minimum Gasteiger partial charge on any atom is -0.353 e. The molecule has 2 heterocycles. The number of hydrogen-bond donors (Lipinski definition) is 2. The van der Waals surface area contributed by atoms with Crippen LogP contribution in [-0.4, -0.2) is 66.4 Å². The van der Waals surface area contributed by atoms with E-state index in [0.717, 1.165) is 18.5 Å². The van der Waals surface area contributed by atoms with Crippen LogP contribution in [0.25, 0.3) is 0 Å². The number of likely N-dealkylation sites (tertiary alicyclic amines) is 1. The quantitative estimate of drug-likeness (QED) is 0.703. The number of rotatable bonds is 6. The highest BCUT2D eigenvalue weighted by atomic mass is 35.5. The number of fused-ring (bicyclic) bond motifs is 1. The largest absolute Gasteiger partial charge is 0.353 e. The molecule has 2 N–H and O–H groups in total. The van der Waals surface area contributed by atoms with Crippen molar-refractivity contribution in [3.8, 4) is 12.3 Å².